The van der Waals surface area contributed by atoms with Crippen LogP contribution in [-0.2, 0) is 0 Å². The summed E-state index contributed by atoms with van der Waals surface area (Å²) in [6.07, 6.45) is 5.25. The molecule has 2 rings (SSSR count). The van der Waals surface area contributed by atoms with E-state index in [4.69, 9.17) is 0 Å². The predicted molar refractivity (Wildman–Crippen MR) is 65.9 cm³/mol. The standard InChI is InChI=1S/C15H21F/c1-11(2)13-4-3-5-14(10-13)12-6-8-15(16)9-7-12/h6-9,11,13-14H,3-5,10H2,1-2H3. The molecule has 2 unspecified atom stereocenters. The largest absolute Gasteiger partial charge is 0.207 e. The molecule has 0 nitrogen and oxygen atoms in total. The van der Waals surface area contributed by atoms with Crippen molar-refractivity contribution < 1.29 is 4.39 Å². The fourth-order valence-electron chi connectivity index (χ4n) is 2.87. The SMILES string of the molecule is CC(C)C1CCCC(c2ccc(F)cc2)C1. The quantitative estimate of drug-likeness (QED) is 0.674. The molecule has 16 heavy (non-hydrogen) atoms. The number of hydrogen-bond acceptors (Lipinski definition) is 0. The Morgan fingerprint density at radius 2 is 1.81 bits per heavy atom. The second-order valence-electron chi connectivity index (χ2n) is 5.42. The van der Waals surface area contributed by atoms with Crippen molar-refractivity contribution >= 4 is 0 Å². The van der Waals surface area contributed by atoms with Crippen LogP contribution >= 0.6 is 0 Å². The highest BCUT2D eigenvalue weighted by atomic mass is 19.1. The van der Waals surface area contributed by atoms with Gasteiger partial charge in [-0.3, -0.25) is 0 Å². The van der Waals surface area contributed by atoms with E-state index in [1.807, 2.05) is 12.1 Å². The van der Waals surface area contributed by atoms with Gasteiger partial charge in [-0.2, -0.15) is 0 Å². The van der Waals surface area contributed by atoms with E-state index in [1.54, 1.807) is 12.1 Å². The molecule has 1 heteroatoms. The van der Waals surface area contributed by atoms with Crippen LogP contribution in [0.3, 0.4) is 0 Å². The predicted octanol–water partition coefficient (Wildman–Crippen LogP) is 4.76. The first-order valence-electron chi connectivity index (χ1n) is 6.42. The van der Waals surface area contributed by atoms with Crippen LogP contribution in [0, 0.1) is 17.7 Å². The molecule has 0 spiro atoms. The molecule has 88 valence electrons. The molecular weight excluding hydrogens is 199 g/mol. The fourth-order valence-corrected chi connectivity index (χ4v) is 2.87. The van der Waals surface area contributed by atoms with Gasteiger partial charge in [0.2, 0.25) is 0 Å². The Balaban J connectivity index is 2.06. The van der Waals surface area contributed by atoms with Crippen LogP contribution in [0.4, 0.5) is 4.39 Å². The molecule has 0 radical (unpaired) electrons. The molecule has 0 amide bonds. The number of hydrogen-bond donors (Lipinski definition) is 0. The van der Waals surface area contributed by atoms with Gasteiger partial charge >= 0.3 is 0 Å². The van der Waals surface area contributed by atoms with E-state index in [0.717, 1.165) is 11.8 Å². The van der Waals surface area contributed by atoms with Gasteiger partial charge in [0.15, 0.2) is 0 Å². The summed E-state index contributed by atoms with van der Waals surface area (Å²) < 4.78 is 12.9. The molecule has 0 heterocycles. The van der Waals surface area contributed by atoms with Crippen molar-refractivity contribution in [1.29, 1.82) is 0 Å². The first kappa shape index (κ1) is 11.6. The summed E-state index contributed by atoms with van der Waals surface area (Å²) in [6.45, 7) is 4.63. The Bertz CT molecular complexity index is 326. The van der Waals surface area contributed by atoms with Gasteiger partial charge in [0, 0.05) is 0 Å². The number of benzene rings is 1. The van der Waals surface area contributed by atoms with Gasteiger partial charge in [0.1, 0.15) is 5.82 Å². The van der Waals surface area contributed by atoms with Gasteiger partial charge < -0.3 is 0 Å². The van der Waals surface area contributed by atoms with Crippen molar-refractivity contribution in [3.63, 3.8) is 0 Å². The molecule has 1 saturated carbocycles. The lowest BCUT2D eigenvalue weighted by molar-refractivity contribution is 0.254. The minimum absolute atomic E-state index is 0.125. The number of halogens is 1. The van der Waals surface area contributed by atoms with Crippen LogP contribution in [-0.4, -0.2) is 0 Å². The Morgan fingerprint density at radius 3 is 2.44 bits per heavy atom. The molecule has 0 N–H and O–H groups in total. The van der Waals surface area contributed by atoms with Crippen molar-refractivity contribution in [2.24, 2.45) is 11.8 Å². The lowest BCUT2D eigenvalue weighted by Crippen LogP contribution is -2.18. The summed E-state index contributed by atoms with van der Waals surface area (Å²) >= 11 is 0. The summed E-state index contributed by atoms with van der Waals surface area (Å²) in [5.74, 6) is 2.16. The minimum atomic E-state index is -0.125. The monoisotopic (exact) mass is 220 g/mol. The van der Waals surface area contributed by atoms with Crippen LogP contribution in [0.15, 0.2) is 24.3 Å². The van der Waals surface area contributed by atoms with E-state index in [9.17, 15) is 4.39 Å². The fraction of sp³-hybridized carbons (Fsp3) is 0.600. The highest BCUT2D eigenvalue weighted by Crippen LogP contribution is 2.39. The van der Waals surface area contributed by atoms with Crippen LogP contribution < -0.4 is 0 Å². The first-order valence-corrected chi connectivity index (χ1v) is 6.42. The Morgan fingerprint density at radius 1 is 1.12 bits per heavy atom. The van der Waals surface area contributed by atoms with Crippen LogP contribution in [0.1, 0.15) is 51.0 Å². The maximum Gasteiger partial charge on any atom is 0.123 e. The summed E-state index contributed by atoms with van der Waals surface area (Å²) in [5.41, 5.74) is 1.33. The average Bonchev–Trinajstić information content (AvgIpc) is 2.30. The molecule has 1 fully saturated rings. The maximum atomic E-state index is 12.9. The van der Waals surface area contributed by atoms with Crippen molar-refractivity contribution in [1.82, 2.24) is 0 Å². The molecule has 1 aliphatic rings. The zero-order valence-electron chi connectivity index (χ0n) is 10.2. The van der Waals surface area contributed by atoms with Crippen molar-refractivity contribution in [2.75, 3.05) is 0 Å². The van der Waals surface area contributed by atoms with Crippen LogP contribution in [0.5, 0.6) is 0 Å². The Hall–Kier alpha value is -0.850. The van der Waals surface area contributed by atoms with E-state index >= 15 is 0 Å². The summed E-state index contributed by atoms with van der Waals surface area (Å²) in [5, 5.41) is 0. The topological polar surface area (TPSA) is 0 Å². The van der Waals surface area contributed by atoms with Gasteiger partial charge in [-0.15, -0.1) is 0 Å². The highest BCUT2D eigenvalue weighted by Gasteiger charge is 2.24. The van der Waals surface area contributed by atoms with E-state index in [0.29, 0.717) is 5.92 Å². The molecule has 1 aromatic carbocycles. The third-order valence-electron chi connectivity index (χ3n) is 4.00. The second-order valence-corrected chi connectivity index (χ2v) is 5.42. The third-order valence-corrected chi connectivity index (χ3v) is 4.00. The first-order chi connectivity index (χ1) is 7.66. The molecule has 2 atom stereocenters. The van der Waals surface area contributed by atoms with E-state index < -0.39 is 0 Å². The van der Waals surface area contributed by atoms with Crippen molar-refractivity contribution in [3.05, 3.63) is 35.6 Å². The van der Waals surface area contributed by atoms with Crippen LogP contribution in [0.2, 0.25) is 0 Å². The third kappa shape index (κ3) is 2.63. The average molecular weight is 220 g/mol. The molecule has 0 saturated heterocycles. The van der Waals surface area contributed by atoms with Crippen molar-refractivity contribution in [2.45, 2.75) is 45.4 Å². The van der Waals surface area contributed by atoms with Gasteiger partial charge in [0.25, 0.3) is 0 Å². The number of rotatable bonds is 2. The lowest BCUT2D eigenvalue weighted by atomic mass is 9.74. The molecule has 1 aromatic rings. The minimum Gasteiger partial charge on any atom is -0.207 e. The van der Waals surface area contributed by atoms with E-state index in [1.165, 1.54) is 31.2 Å². The second kappa shape index (κ2) is 4.99. The zero-order valence-corrected chi connectivity index (χ0v) is 10.2. The summed E-state index contributed by atoms with van der Waals surface area (Å²) in [7, 11) is 0. The Kier molecular flexibility index (Phi) is 3.63. The van der Waals surface area contributed by atoms with E-state index in [-0.39, 0.29) is 5.82 Å². The van der Waals surface area contributed by atoms with Gasteiger partial charge in [-0.05, 0) is 48.3 Å². The normalized spacial score (nSPS) is 26.0. The van der Waals surface area contributed by atoms with E-state index in [2.05, 4.69) is 13.8 Å². The summed E-state index contributed by atoms with van der Waals surface area (Å²) in [6, 6.07) is 7.11. The molecule has 0 bridgehead atoms. The molecule has 1 aliphatic carbocycles. The van der Waals surface area contributed by atoms with Crippen molar-refractivity contribution in [3.8, 4) is 0 Å². The maximum absolute atomic E-state index is 12.9. The molecular formula is C15H21F. The smallest absolute Gasteiger partial charge is 0.123 e. The Labute approximate surface area is 97.9 Å². The zero-order chi connectivity index (χ0) is 11.5. The highest BCUT2D eigenvalue weighted by molar-refractivity contribution is 5.21. The summed E-state index contributed by atoms with van der Waals surface area (Å²) in [4.78, 5) is 0. The van der Waals surface area contributed by atoms with Gasteiger partial charge in [-0.25, -0.2) is 4.39 Å². The van der Waals surface area contributed by atoms with Gasteiger partial charge in [0.05, 0.1) is 0 Å². The molecule has 0 aliphatic heterocycles. The lowest BCUT2D eigenvalue weighted by Gasteiger charge is -2.31. The molecule has 0 aromatic heterocycles. The van der Waals surface area contributed by atoms with Crippen LogP contribution in [0.25, 0.3) is 0 Å². The van der Waals surface area contributed by atoms with Gasteiger partial charge in [-0.1, -0.05) is 38.8 Å².